The van der Waals surface area contributed by atoms with Crippen LogP contribution in [0.15, 0.2) is 97.5 Å². The number of benzene rings is 2. The molecule has 2 radical (unpaired) electrons. The molecule has 1 aliphatic heterocycles. The van der Waals surface area contributed by atoms with Crippen LogP contribution in [0, 0.1) is 6.67 Å². The molecule has 3 aromatic rings. The average Bonchev–Trinajstić information content (AvgIpc) is 3.21. The van der Waals surface area contributed by atoms with Gasteiger partial charge >= 0.3 is 35.0 Å². The molecular weight excluding hydrogens is 472 g/mol. The molecule has 2 heterocycles. The minimum atomic E-state index is -0.106. The normalized spacial score (nSPS) is 14.0. The zero-order valence-corrected chi connectivity index (χ0v) is 17.3. The molecule has 1 atom stereocenters. The van der Waals surface area contributed by atoms with Crippen molar-refractivity contribution < 1.29 is 15.9 Å². The summed E-state index contributed by atoms with van der Waals surface area (Å²) < 4.78 is 0. The van der Waals surface area contributed by atoms with Crippen LogP contribution in [-0.2, 0) is 15.9 Å². The molecule has 2 aromatic carbocycles. The van der Waals surface area contributed by atoms with E-state index in [1.807, 2.05) is 59.9 Å². The fourth-order valence-electron chi connectivity index (χ4n) is 2.85. The molecular formula is C21H17Cl2N3Pd. The molecule has 27 heavy (non-hydrogen) atoms. The fourth-order valence-corrected chi connectivity index (χ4v) is 2.85. The van der Waals surface area contributed by atoms with Crippen molar-refractivity contribution >= 4 is 24.7 Å². The number of pyridine rings is 1. The van der Waals surface area contributed by atoms with Gasteiger partial charge in [0.15, 0.2) is 0 Å². The third-order valence-corrected chi connectivity index (χ3v) is 4.00. The Morgan fingerprint density at radius 2 is 1.44 bits per heavy atom. The van der Waals surface area contributed by atoms with Crippen LogP contribution in [0.25, 0.3) is 0 Å². The number of hydrogen-bond donors (Lipinski definition) is 0. The minimum absolute atomic E-state index is 0.00244. The Morgan fingerprint density at radius 1 is 0.815 bits per heavy atom. The first-order valence-corrected chi connectivity index (χ1v) is 12.2. The van der Waals surface area contributed by atoms with E-state index in [4.69, 9.17) is 19.1 Å². The predicted octanol–water partition coefficient (Wildman–Crippen LogP) is 5.84. The van der Waals surface area contributed by atoms with Gasteiger partial charge in [-0.05, 0) is 29.8 Å². The van der Waals surface area contributed by atoms with Gasteiger partial charge in [0.2, 0.25) is 6.67 Å². The summed E-state index contributed by atoms with van der Waals surface area (Å²) >= 11 is -0.106. The first kappa shape index (κ1) is 19.9. The first-order chi connectivity index (χ1) is 13.3. The van der Waals surface area contributed by atoms with Crippen LogP contribution in [0.3, 0.4) is 0 Å². The molecule has 0 unspecified atom stereocenters. The van der Waals surface area contributed by atoms with E-state index in [0.717, 1.165) is 11.4 Å². The molecule has 0 fully saturated rings. The fraction of sp³-hybridized carbons (Fsp3) is 0.0476. The number of nitrogens with zero attached hydrogens (tertiary/aromatic N) is 3. The van der Waals surface area contributed by atoms with Gasteiger partial charge in [0.25, 0.3) is 0 Å². The summed E-state index contributed by atoms with van der Waals surface area (Å²) in [4.78, 5) is 8.64. The van der Waals surface area contributed by atoms with Crippen LogP contribution in [-0.4, -0.2) is 9.88 Å². The summed E-state index contributed by atoms with van der Waals surface area (Å²) in [7, 11) is 9.63. The van der Waals surface area contributed by atoms with Gasteiger partial charge in [-0.15, -0.1) is 0 Å². The standard InChI is InChI=1S/C21H17N3.2ClH.Pd/c1-3-9-18(10-4-1)21(20-13-7-8-14-22-20)24-16-15-23(17-24)19-11-5-2-6-12-19;;;/h1-16,21H;2*1H;/q;;;+2/p-2/t21-;;;/m0.../s1. The van der Waals surface area contributed by atoms with Crippen molar-refractivity contribution in [1.29, 1.82) is 0 Å². The Hall–Kier alpha value is -1.83. The molecule has 140 valence electrons. The van der Waals surface area contributed by atoms with Crippen molar-refractivity contribution in [1.82, 2.24) is 9.88 Å². The first-order valence-electron chi connectivity index (χ1n) is 8.19. The van der Waals surface area contributed by atoms with E-state index in [2.05, 4.69) is 59.0 Å². The van der Waals surface area contributed by atoms with Crippen LogP contribution in [0.2, 0.25) is 0 Å². The van der Waals surface area contributed by atoms with Gasteiger partial charge in [-0.2, -0.15) is 0 Å². The maximum absolute atomic E-state index is 4.81. The Morgan fingerprint density at radius 3 is 2.07 bits per heavy atom. The maximum atomic E-state index is 4.81. The van der Waals surface area contributed by atoms with E-state index in [1.54, 1.807) is 0 Å². The molecule has 1 aliphatic rings. The average molecular weight is 489 g/mol. The number of rotatable bonds is 4. The van der Waals surface area contributed by atoms with E-state index < -0.39 is 0 Å². The molecule has 0 aliphatic carbocycles. The van der Waals surface area contributed by atoms with Crippen molar-refractivity contribution in [3.05, 3.63) is 115 Å². The van der Waals surface area contributed by atoms with Gasteiger partial charge in [0, 0.05) is 24.3 Å². The molecule has 6 heteroatoms. The van der Waals surface area contributed by atoms with Crippen LogP contribution >= 0.6 is 19.1 Å². The Bertz CT molecular complexity index is 792. The monoisotopic (exact) mass is 487 g/mol. The van der Waals surface area contributed by atoms with Crippen molar-refractivity contribution in [3.63, 3.8) is 0 Å². The van der Waals surface area contributed by atoms with E-state index in [1.165, 1.54) is 5.56 Å². The van der Waals surface area contributed by atoms with Crippen LogP contribution in [0.4, 0.5) is 5.69 Å². The molecule has 4 rings (SSSR count). The topological polar surface area (TPSA) is 19.4 Å². The summed E-state index contributed by atoms with van der Waals surface area (Å²) in [5.74, 6) is 0. The predicted molar refractivity (Wildman–Crippen MR) is 107 cm³/mol. The van der Waals surface area contributed by atoms with Crippen LogP contribution in [0.1, 0.15) is 17.3 Å². The number of halogens is 2. The third kappa shape index (κ3) is 5.34. The molecule has 0 saturated heterocycles. The molecule has 0 amide bonds. The second kappa shape index (κ2) is 10.5. The van der Waals surface area contributed by atoms with Gasteiger partial charge in [-0.1, -0.05) is 54.6 Å². The Labute approximate surface area is 176 Å². The van der Waals surface area contributed by atoms with Crippen molar-refractivity contribution in [3.8, 4) is 0 Å². The van der Waals surface area contributed by atoms with E-state index >= 15 is 0 Å². The van der Waals surface area contributed by atoms with Gasteiger partial charge in [0.05, 0.1) is 11.7 Å². The summed E-state index contributed by atoms with van der Waals surface area (Å²) in [6, 6.07) is 26.6. The molecule has 0 N–H and O–H groups in total. The number of hydrogen-bond acceptors (Lipinski definition) is 3. The second-order valence-corrected chi connectivity index (χ2v) is 7.98. The van der Waals surface area contributed by atoms with Crippen LogP contribution in [0.5, 0.6) is 0 Å². The summed E-state index contributed by atoms with van der Waals surface area (Å²) in [5.41, 5.74) is 3.27. The SMILES string of the molecule is [C]1N(c2ccccc2)C=CN1[C@@H](c1ccccc1)c1ccccn1.[Cl][Pd][Cl]. The molecule has 1 aromatic heterocycles. The van der Waals surface area contributed by atoms with E-state index in [9.17, 15) is 0 Å². The summed E-state index contributed by atoms with van der Waals surface area (Å²) in [6.45, 7) is 3.42. The Balaban J connectivity index is 0.000000659. The van der Waals surface area contributed by atoms with Gasteiger partial charge in [-0.3, -0.25) is 4.98 Å². The summed E-state index contributed by atoms with van der Waals surface area (Å²) in [5, 5.41) is 0. The number of para-hydroxylation sites is 1. The zero-order valence-electron chi connectivity index (χ0n) is 14.2. The number of aromatic nitrogens is 1. The van der Waals surface area contributed by atoms with Gasteiger partial charge < -0.3 is 9.80 Å². The van der Waals surface area contributed by atoms with Gasteiger partial charge in [0.1, 0.15) is 0 Å². The summed E-state index contributed by atoms with van der Waals surface area (Å²) in [6.07, 6.45) is 5.90. The van der Waals surface area contributed by atoms with Crippen molar-refractivity contribution in [2.75, 3.05) is 4.90 Å². The van der Waals surface area contributed by atoms with Crippen molar-refractivity contribution in [2.24, 2.45) is 0 Å². The molecule has 3 nitrogen and oxygen atoms in total. The van der Waals surface area contributed by atoms with Crippen LogP contribution < -0.4 is 4.90 Å². The van der Waals surface area contributed by atoms with E-state index in [0.29, 0.717) is 0 Å². The second-order valence-electron chi connectivity index (χ2n) is 5.62. The zero-order chi connectivity index (χ0) is 18.9. The quantitative estimate of drug-likeness (QED) is 0.430. The molecule has 0 saturated carbocycles. The van der Waals surface area contributed by atoms with E-state index in [-0.39, 0.29) is 22.0 Å². The van der Waals surface area contributed by atoms with Gasteiger partial charge in [-0.25, -0.2) is 0 Å². The Kier molecular flexibility index (Phi) is 7.74. The number of anilines is 1. The third-order valence-electron chi connectivity index (χ3n) is 4.00. The molecule has 0 bridgehead atoms. The van der Waals surface area contributed by atoms with Crippen molar-refractivity contribution in [2.45, 2.75) is 6.04 Å². The molecule has 0 spiro atoms.